The van der Waals surface area contributed by atoms with Gasteiger partial charge < -0.3 is 11.1 Å². The third kappa shape index (κ3) is 4.85. The molecule has 3 N–H and O–H groups in total. The van der Waals surface area contributed by atoms with Crippen LogP contribution in [0.15, 0.2) is 48.5 Å². The van der Waals surface area contributed by atoms with Crippen molar-refractivity contribution in [3.63, 3.8) is 0 Å². The van der Waals surface area contributed by atoms with E-state index < -0.39 is 0 Å². The van der Waals surface area contributed by atoms with Crippen LogP contribution in [0, 0.1) is 5.92 Å². The van der Waals surface area contributed by atoms with E-state index in [2.05, 4.69) is 11.4 Å². The van der Waals surface area contributed by atoms with E-state index in [9.17, 15) is 9.59 Å². The van der Waals surface area contributed by atoms with Crippen molar-refractivity contribution < 1.29 is 9.59 Å². The number of amides is 2. The van der Waals surface area contributed by atoms with Gasteiger partial charge in [-0.15, -0.1) is 0 Å². The average Bonchev–Trinajstić information content (AvgIpc) is 2.64. The van der Waals surface area contributed by atoms with Crippen LogP contribution in [-0.4, -0.2) is 11.8 Å². The first kappa shape index (κ1) is 18.5. The molecule has 1 fully saturated rings. The second-order valence-corrected chi connectivity index (χ2v) is 7.41. The van der Waals surface area contributed by atoms with Crippen LogP contribution in [0.5, 0.6) is 0 Å². The van der Waals surface area contributed by atoms with Crippen LogP contribution >= 0.6 is 11.6 Å². The highest BCUT2D eigenvalue weighted by Gasteiger charge is 2.24. The fraction of sp³-hybridized carbons (Fsp3) is 0.333. The minimum Gasteiger partial charge on any atom is -0.370 e. The molecule has 0 bridgehead atoms. The lowest BCUT2D eigenvalue weighted by atomic mass is 9.77. The van der Waals surface area contributed by atoms with E-state index in [1.54, 1.807) is 24.3 Å². The average molecular weight is 371 g/mol. The highest BCUT2D eigenvalue weighted by Crippen LogP contribution is 2.37. The highest BCUT2D eigenvalue weighted by atomic mass is 35.5. The Balaban J connectivity index is 1.64. The van der Waals surface area contributed by atoms with Gasteiger partial charge in [-0.25, -0.2) is 0 Å². The lowest BCUT2D eigenvalue weighted by Crippen LogP contribution is -2.20. The molecule has 1 saturated carbocycles. The molecule has 26 heavy (non-hydrogen) atoms. The molecular formula is C21H23ClN2O2. The molecule has 136 valence electrons. The first-order chi connectivity index (χ1) is 12.5. The number of hydrogen-bond acceptors (Lipinski definition) is 2. The molecule has 2 aromatic rings. The summed E-state index contributed by atoms with van der Waals surface area (Å²) < 4.78 is 0. The van der Waals surface area contributed by atoms with E-state index in [-0.39, 0.29) is 11.8 Å². The number of carbonyl (C=O) groups is 2. The van der Waals surface area contributed by atoms with E-state index in [4.69, 9.17) is 17.3 Å². The van der Waals surface area contributed by atoms with Crippen LogP contribution in [0.3, 0.4) is 0 Å². The fourth-order valence-corrected chi connectivity index (χ4v) is 3.78. The lowest BCUT2D eigenvalue weighted by Gasteiger charge is -2.28. The number of anilines is 1. The van der Waals surface area contributed by atoms with Crippen molar-refractivity contribution in [3.05, 3.63) is 64.7 Å². The number of carbonyl (C=O) groups excluding carboxylic acids is 2. The molecule has 1 aliphatic carbocycles. The van der Waals surface area contributed by atoms with Crippen molar-refractivity contribution in [1.29, 1.82) is 0 Å². The topological polar surface area (TPSA) is 72.2 Å². The minimum absolute atomic E-state index is 0.128. The van der Waals surface area contributed by atoms with Crippen LogP contribution < -0.4 is 11.1 Å². The van der Waals surface area contributed by atoms with Crippen LogP contribution in [0.2, 0.25) is 5.02 Å². The van der Waals surface area contributed by atoms with E-state index >= 15 is 0 Å². The number of halogens is 1. The summed E-state index contributed by atoms with van der Waals surface area (Å²) in [5.41, 5.74) is 7.86. The molecule has 3 rings (SSSR count). The quantitative estimate of drug-likeness (QED) is 0.797. The van der Waals surface area contributed by atoms with Gasteiger partial charge in [0.25, 0.3) is 5.91 Å². The third-order valence-electron chi connectivity index (χ3n) is 5.06. The number of rotatable bonds is 5. The van der Waals surface area contributed by atoms with E-state index in [1.807, 2.05) is 18.2 Å². The zero-order valence-electron chi connectivity index (χ0n) is 14.6. The molecule has 0 atom stereocenters. The standard InChI is InChI=1S/C21H23ClN2O2/c22-18-8-10-19(11-9-18)24-21(26)17-3-1-2-16(13-17)15-6-4-14(5-7-15)12-20(23)25/h1-3,8-11,13-15H,4-7,12H2,(H2,23,25)(H,24,26). The van der Waals surface area contributed by atoms with Crippen molar-refractivity contribution in [2.24, 2.45) is 11.7 Å². The Kier molecular flexibility index (Phi) is 5.94. The van der Waals surface area contributed by atoms with Crippen LogP contribution in [-0.2, 0) is 4.79 Å². The number of nitrogens with one attached hydrogen (secondary N) is 1. The minimum atomic E-state index is -0.214. The number of hydrogen-bond donors (Lipinski definition) is 2. The molecule has 0 unspecified atom stereocenters. The maximum atomic E-state index is 12.5. The van der Waals surface area contributed by atoms with Gasteiger partial charge in [0.1, 0.15) is 0 Å². The van der Waals surface area contributed by atoms with Crippen molar-refractivity contribution >= 4 is 29.1 Å². The van der Waals surface area contributed by atoms with Gasteiger partial charge in [-0.3, -0.25) is 9.59 Å². The van der Waals surface area contributed by atoms with Gasteiger partial charge in [0.2, 0.25) is 5.91 Å². The molecule has 0 aromatic heterocycles. The van der Waals surface area contributed by atoms with E-state index in [1.165, 1.54) is 5.56 Å². The first-order valence-electron chi connectivity index (χ1n) is 8.96. The summed E-state index contributed by atoms with van der Waals surface area (Å²) in [6, 6.07) is 14.9. The molecule has 5 heteroatoms. The number of primary amides is 1. The van der Waals surface area contributed by atoms with Crippen molar-refractivity contribution in [1.82, 2.24) is 0 Å². The normalized spacial score (nSPS) is 19.7. The van der Waals surface area contributed by atoms with E-state index in [0.29, 0.717) is 28.8 Å². The van der Waals surface area contributed by atoms with Crippen molar-refractivity contribution in [3.8, 4) is 0 Å². The maximum Gasteiger partial charge on any atom is 0.255 e. The molecule has 4 nitrogen and oxygen atoms in total. The van der Waals surface area contributed by atoms with Gasteiger partial charge in [0, 0.05) is 22.7 Å². The Morgan fingerprint density at radius 1 is 1.04 bits per heavy atom. The van der Waals surface area contributed by atoms with Crippen LogP contribution in [0.25, 0.3) is 0 Å². The lowest BCUT2D eigenvalue weighted by molar-refractivity contribution is -0.119. The Hall–Kier alpha value is -2.33. The van der Waals surface area contributed by atoms with Crippen LogP contribution in [0.4, 0.5) is 5.69 Å². The van der Waals surface area contributed by atoms with Crippen molar-refractivity contribution in [2.75, 3.05) is 5.32 Å². The summed E-state index contributed by atoms with van der Waals surface area (Å²) >= 11 is 5.87. The summed E-state index contributed by atoms with van der Waals surface area (Å²) in [5.74, 6) is 0.494. The Morgan fingerprint density at radius 2 is 1.73 bits per heavy atom. The summed E-state index contributed by atoms with van der Waals surface area (Å²) in [4.78, 5) is 23.6. The maximum absolute atomic E-state index is 12.5. The molecule has 0 spiro atoms. The molecule has 1 aliphatic rings. The van der Waals surface area contributed by atoms with Gasteiger partial charge in [-0.1, -0.05) is 23.7 Å². The Labute approximate surface area is 158 Å². The van der Waals surface area contributed by atoms with Gasteiger partial charge in [-0.2, -0.15) is 0 Å². The SMILES string of the molecule is NC(=O)CC1CCC(c2cccc(C(=O)Nc3ccc(Cl)cc3)c2)CC1. The summed E-state index contributed by atoms with van der Waals surface area (Å²) in [6.07, 6.45) is 4.56. The van der Waals surface area contributed by atoms with E-state index in [0.717, 1.165) is 31.4 Å². The second-order valence-electron chi connectivity index (χ2n) is 6.97. The molecule has 0 heterocycles. The predicted molar refractivity (Wildman–Crippen MR) is 104 cm³/mol. The summed E-state index contributed by atoms with van der Waals surface area (Å²) in [7, 11) is 0. The Morgan fingerprint density at radius 3 is 2.38 bits per heavy atom. The van der Waals surface area contributed by atoms with Gasteiger partial charge in [0.15, 0.2) is 0 Å². The first-order valence-corrected chi connectivity index (χ1v) is 9.34. The molecule has 2 aromatic carbocycles. The zero-order valence-corrected chi connectivity index (χ0v) is 15.3. The third-order valence-corrected chi connectivity index (χ3v) is 5.31. The number of nitrogens with two attached hydrogens (primary N) is 1. The molecule has 0 saturated heterocycles. The van der Waals surface area contributed by atoms with Crippen molar-refractivity contribution in [2.45, 2.75) is 38.0 Å². The van der Waals surface area contributed by atoms with Gasteiger partial charge in [-0.05, 0) is 79.5 Å². The summed E-state index contributed by atoms with van der Waals surface area (Å²) in [5, 5.41) is 3.53. The molecule has 0 aliphatic heterocycles. The fourth-order valence-electron chi connectivity index (χ4n) is 3.65. The number of benzene rings is 2. The summed E-state index contributed by atoms with van der Waals surface area (Å²) in [6.45, 7) is 0. The smallest absolute Gasteiger partial charge is 0.255 e. The second kappa shape index (κ2) is 8.37. The van der Waals surface area contributed by atoms with Crippen LogP contribution in [0.1, 0.15) is 53.9 Å². The highest BCUT2D eigenvalue weighted by molar-refractivity contribution is 6.30. The molecule has 2 amide bonds. The van der Waals surface area contributed by atoms with Gasteiger partial charge in [0.05, 0.1) is 0 Å². The molecule has 0 radical (unpaired) electrons. The Bertz CT molecular complexity index is 781. The monoisotopic (exact) mass is 370 g/mol. The predicted octanol–water partition coefficient (Wildman–Crippen LogP) is 4.74. The molecular weight excluding hydrogens is 348 g/mol. The van der Waals surface area contributed by atoms with Gasteiger partial charge >= 0.3 is 0 Å². The largest absolute Gasteiger partial charge is 0.370 e. The zero-order chi connectivity index (χ0) is 18.5.